The summed E-state index contributed by atoms with van der Waals surface area (Å²) in [6.07, 6.45) is 8.39. The predicted octanol–water partition coefficient (Wildman–Crippen LogP) is 2.56. The zero-order valence-electron chi connectivity index (χ0n) is 12.8. The topological polar surface area (TPSA) is 33.3 Å². The van der Waals surface area contributed by atoms with Gasteiger partial charge in [-0.05, 0) is 37.1 Å². The maximum Gasteiger partial charge on any atom is 0.0620 e. The van der Waals surface area contributed by atoms with Crippen molar-refractivity contribution in [2.24, 2.45) is 11.3 Å². The molecule has 112 valence electrons. The van der Waals surface area contributed by atoms with Crippen LogP contribution in [0, 0.1) is 11.3 Å². The average molecular weight is 268 g/mol. The minimum atomic E-state index is 0.455. The van der Waals surface area contributed by atoms with Crippen molar-refractivity contribution in [1.82, 2.24) is 10.6 Å². The number of ether oxygens (including phenoxy) is 1. The molecule has 1 saturated carbocycles. The third kappa shape index (κ3) is 5.05. The Kier molecular flexibility index (Phi) is 6.11. The summed E-state index contributed by atoms with van der Waals surface area (Å²) < 4.78 is 5.48. The van der Waals surface area contributed by atoms with Crippen LogP contribution in [-0.2, 0) is 4.74 Å². The van der Waals surface area contributed by atoms with Crippen LogP contribution in [0.4, 0.5) is 0 Å². The molecule has 3 nitrogen and oxygen atoms in total. The summed E-state index contributed by atoms with van der Waals surface area (Å²) in [5, 5.41) is 7.19. The van der Waals surface area contributed by atoms with Gasteiger partial charge in [-0.2, -0.15) is 0 Å². The number of hydrogen-bond acceptors (Lipinski definition) is 3. The molecule has 19 heavy (non-hydrogen) atoms. The van der Waals surface area contributed by atoms with E-state index in [0.717, 1.165) is 38.8 Å². The van der Waals surface area contributed by atoms with Gasteiger partial charge in [0, 0.05) is 19.1 Å². The van der Waals surface area contributed by atoms with Crippen molar-refractivity contribution in [3.8, 4) is 0 Å². The average Bonchev–Trinajstić information content (AvgIpc) is 2.46. The lowest BCUT2D eigenvalue weighted by Gasteiger charge is -2.37. The summed E-state index contributed by atoms with van der Waals surface area (Å²) in [5.74, 6) is 0.921. The molecule has 1 heterocycles. The second-order valence-electron chi connectivity index (χ2n) is 7.01. The zero-order chi connectivity index (χ0) is 13.6. The molecule has 0 aromatic carbocycles. The fourth-order valence-corrected chi connectivity index (χ4v) is 3.52. The molecule has 0 aromatic heterocycles. The predicted molar refractivity (Wildman–Crippen MR) is 80.5 cm³/mol. The minimum absolute atomic E-state index is 0.455. The molecule has 0 bridgehead atoms. The van der Waals surface area contributed by atoms with Gasteiger partial charge < -0.3 is 15.4 Å². The Hall–Kier alpha value is -0.120. The monoisotopic (exact) mass is 268 g/mol. The highest BCUT2D eigenvalue weighted by Crippen LogP contribution is 2.37. The van der Waals surface area contributed by atoms with Gasteiger partial charge in [-0.1, -0.05) is 33.1 Å². The lowest BCUT2D eigenvalue weighted by atomic mass is 9.71. The number of rotatable bonds is 6. The summed E-state index contributed by atoms with van der Waals surface area (Å²) in [4.78, 5) is 0. The van der Waals surface area contributed by atoms with Crippen LogP contribution in [0.3, 0.4) is 0 Å². The van der Waals surface area contributed by atoms with E-state index < -0.39 is 0 Å². The van der Waals surface area contributed by atoms with Crippen molar-refractivity contribution in [2.75, 3.05) is 32.8 Å². The quantitative estimate of drug-likeness (QED) is 0.726. The first-order valence-electron chi connectivity index (χ1n) is 8.20. The second kappa shape index (κ2) is 7.61. The number of morpholine rings is 1. The van der Waals surface area contributed by atoms with Gasteiger partial charge in [0.05, 0.1) is 13.2 Å². The van der Waals surface area contributed by atoms with Crippen molar-refractivity contribution < 1.29 is 4.74 Å². The Morgan fingerprint density at radius 2 is 2.00 bits per heavy atom. The standard InChI is InChI=1S/C16H32N2O/c1-16(2,14-6-4-3-5-7-14)13-17-9-8-15-12-19-11-10-18-15/h14-15,17-18H,3-13H2,1-2H3. The maximum atomic E-state index is 5.48. The first kappa shape index (κ1) is 15.3. The highest BCUT2D eigenvalue weighted by Gasteiger charge is 2.30. The van der Waals surface area contributed by atoms with Crippen LogP contribution in [0.15, 0.2) is 0 Å². The molecule has 2 N–H and O–H groups in total. The van der Waals surface area contributed by atoms with E-state index in [4.69, 9.17) is 4.74 Å². The summed E-state index contributed by atoms with van der Waals surface area (Å²) in [7, 11) is 0. The van der Waals surface area contributed by atoms with Gasteiger partial charge >= 0.3 is 0 Å². The fraction of sp³-hybridized carbons (Fsp3) is 1.00. The van der Waals surface area contributed by atoms with Crippen LogP contribution >= 0.6 is 0 Å². The molecule has 2 rings (SSSR count). The molecular formula is C16H32N2O. The maximum absolute atomic E-state index is 5.48. The van der Waals surface area contributed by atoms with E-state index in [-0.39, 0.29) is 0 Å². The van der Waals surface area contributed by atoms with E-state index in [1.807, 2.05) is 0 Å². The molecule has 1 unspecified atom stereocenters. The van der Waals surface area contributed by atoms with E-state index in [1.165, 1.54) is 38.5 Å². The van der Waals surface area contributed by atoms with Gasteiger partial charge in [0.2, 0.25) is 0 Å². The van der Waals surface area contributed by atoms with Crippen molar-refractivity contribution in [2.45, 2.75) is 58.4 Å². The number of nitrogens with one attached hydrogen (secondary N) is 2. The van der Waals surface area contributed by atoms with E-state index in [2.05, 4.69) is 24.5 Å². The second-order valence-corrected chi connectivity index (χ2v) is 7.01. The third-order valence-electron chi connectivity index (χ3n) is 4.96. The Bertz CT molecular complexity index is 243. The molecule has 2 aliphatic rings. The minimum Gasteiger partial charge on any atom is -0.379 e. The molecule has 2 fully saturated rings. The Balaban J connectivity index is 1.60. The molecule has 3 heteroatoms. The highest BCUT2D eigenvalue weighted by atomic mass is 16.5. The first-order valence-corrected chi connectivity index (χ1v) is 8.20. The van der Waals surface area contributed by atoms with Crippen LogP contribution < -0.4 is 10.6 Å². The molecule has 0 radical (unpaired) electrons. The largest absolute Gasteiger partial charge is 0.379 e. The molecule has 1 aliphatic heterocycles. The lowest BCUT2D eigenvalue weighted by molar-refractivity contribution is 0.0735. The van der Waals surface area contributed by atoms with Crippen molar-refractivity contribution in [1.29, 1.82) is 0 Å². The van der Waals surface area contributed by atoms with Gasteiger partial charge in [-0.15, -0.1) is 0 Å². The summed E-state index contributed by atoms with van der Waals surface area (Å²) in [6, 6.07) is 0.555. The van der Waals surface area contributed by atoms with Gasteiger partial charge in [0.1, 0.15) is 0 Å². The molecule has 0 amide bonds. The van der Waals surface area contributed by atoms with Gasteiger partial charge in [0.15, 0.2) is 0 Å². The first-order chi connectivity index (χ1) is 9.18. The van der Waals surface area contributed by atoms with Crippen LogP contribution in [0.1, 0.15) is 52.4 Å². The van der Waals surface area contributed by atoms with Crippen LogP contribution in [0.2, 0.25) is 0 Å². The van der Waals surface area contributed by atoms with E-state index in [0.29, 0.717) is 11.5 Å². The van der Waals surface area contributed by atoms with E-state index in [9.17, 15) is 0 Å². The molecule has 1 saturated heterocycles. The normalized spacial score (nSPS) is 26.5. The van der Waals surface area contributed by atoms with Gasteiger partial charge in [-0.3, -0.25) is 0 Å². The molecular weight excluding hydrogens is 236 g/mol. The molecule has 0 spiro atoms. The van der Waals surface area contributed by atoms with Gasteiger partial charge in [-0.25, -0.2) is 0 Å². The van der Waals surface area contributed by atoms with E-state index >= 15 is 0 Å². The van der Waals surface area contributed by atoms with Crippen molar-refractivity contribution in [3.05, 3.63) is 0 Å². The third-order valence-corrected chi connectivity index (χ3v) is 4.96. The summed E-state index contributed by atoms with van der Waals surface area (Å²) in [6.45, 7) is 9.92. The summed E-state index contributed by atoms with van der Waals surface area (Å²) in [5.41, 5.74) is 0.455. The molecule has 1 aliphatic carbocycles. The van der Waals surface area contributed by atoms with Gasteiger partial charge in [0.25, 0.3) is 0 Å². The zero-order valence-corrected chi connectivity index (χ0v) is 12.8. The van der Waals surface area contributed by atoms with Crippen LogP contribution in [0.25, 0.3) is 0 Å². The van der Waals surface area contributed by atoms with E-state index in [1.54, 1.807) is 0 Å². The van der Waals surface area contributed by atoms with Crippen LogP contribution in [0.5, 0.6) is 0 Å². The lowest BCUT2D eigenvalue weighted by Crippen LogP contribution is -2.44. The SMILES string of the molecule is CC(C)(CNCCC1COCCN1)C1CCCCC1. The summed E-state index contributed by atoms with van der Waals surface area (Å²) >= 11 is 0. The van der Waals surface area contributed by atoms with Crippen molar-refractivity contribution >= 4 is 0 Å². The molecule has 1 atom stereocenters. The highest BCUT2D eigenvalue weighted by molar-refractivity contribution is 4.83. The Morgan fingerprint density at radius 3 is 2.68 bits per heavy atom. The fourth-order valence-electron chi connectivity index (χ4n) is 3.52. The number of hydrogen-bond donors (Lipinski definition) is 2. The van der Waals surface area contributed by atoms with Crippen molar-refractivity contribution in [3.63, 3.8) is 0 Å². The van der Waals surface area contributed by atoms with Crippen LogP contribution in [-0.4, -0.2) is 38.9 Å². The Labute approximate surface area is 118 Å². The molecule has 0 aromatic rings. The Morgan fingerprint density at radius 1 is 1.21 bits per heavy atom. The smallest absolute Gasteiger partial charge is 0.0620 e.